The van der Waals surface area contributed by atoms with E-state index in [4.69, 9.17) is 9.29 Å². The van der Waals surface area contributed by atoms with Crippen LogP contribution in [-0.2, 0) is 19.6 Å². The third-order valence-electron chi connectivity index (χ3n) is 11.5. The number of fused-ring (bicyclic) bond motifs is 5. The van der Waals surface area contributed by atoms with E-state index in [1.54, 1.807) is 0 Å². The van der Waals surface area contributed by atoms with Gasteiger partial charge >= 0.3 is 21.3 Å². The van der Waals surface area contributed by atoms with Crippen LogP contribution in [0.4, 0.5) is 13.2 Å². The van der Waals surface area contributed by atoms with E-state index in [2.05, 4.69) is 20.8 Å². The van der Waals surface area contributed by atoms with Gasteiger partial charge in [-0.3, -0.25) is 9.35 Å². The third kappa shape index (κ3) is 5.39. The average Bonchev–Trinajstić information content (AvgIpc) is 3.19. The normalized spacial score (nSPS) is 40.9. The first-order valence-corrected chi connectivity index (χ1v) is 15.9. The number of ether oxygens (including phenoxy) is 1. The van der Waals surface area contributed by atoms with E-state index >= 15 is 0 Å². The summed E-state index contributed by atoms with van der Waals surface area (Å²) >= 11 is 0. The first kappa shape index (κ1) is 30.1. The van der Waals surface area contributed by atoms with Crippen LogP contribution in [0.25, 0.3) is 0 Å². The zero-order valence-corrected chi connectivity index (χ0v) is 23.7. The lowest BCUT2D eigenvalue weighted by molar-refractivity contribution is -0.145. The zero-order chi connectivity index (χ0) is 28.1. The van der Waals surface area contributed by atoms with Crippen LogP contribution >= 0.6 is 0 Å². The molecule has 220 valence electrons. The second-order valence-electron chi connectivity index (χ2n) is 13.3. The molecule has 0 heterocycles. The van der Waals surface area contributed by atoms with Crippen LogP contribution in [0.2, 0.25) is 0 Å². The maximum atomic E-state index is 13.6. The summed E-state index contributed by atoms with van der Waals surface area (Å²) in [6.07, 6.45) is 6.58. The highest BCUT2D eigenvalue weighted by molar-refractivity contribution is 7.86. The molecule has 0 radical (unpaired) electrons. The lowest BCUT2D eigenvalue weighted by Crippen LogP contribution is -2.54. The SMILES string of the molecule is C[C@H](CCC(=O)OCCC(F)C(F)(F)S(=O)(=O)O)[C@H]1CC[C@H]2[C@@H]3CC[C@@H]4C[C@H](O)CC[C@]4(C)[C@H]3CC[C@]12C. The molecular formula is C28H45F3O6S. The number of esters is 1. The lowest BCUT2D eigenvalue weighted by Gasteiger charge is -2.61. The molecule has 0 bridgehead atoms. The Balaban J connectivity index is 1.28. The summed E-state index contributed by atoms with van der Waals surface area (Å²) in [6, 6.07) is 0. The van der Waals surface area contributed by atoms with Gasteiger partial charge in [0.2, 0.25) is 0 Å². The minimum Gasteiger partial charge on any atom is -0.466 e. The summed E-state index contributed by atoms with van der Waals surface area (Å²) < 4.78 is 74.9. The molecule has 0 aromatic heterocycles. The van der Waals surface area contributed by atoms with E-state index in [-0.39, 0.29) is 23.9 Å². The van der Waals surface area contributed by atoms with Crippen LogP contribution in [-0.4, -0.2) is 48.2 Å². The molecule has 10 atom stereocenters. The molecule has 0 saturated heterocycles. The summed E-state index contributed by atoms with van der Waals surface area (Å²) in [4.78, 5) is 12.2. The number of hydrogen-bond acceptors (Lipinski definition) is 5. The van der Waals surface area contributed by atoms with Gasteiger partial charge in [-0.05, 0) is 111 Å². The van der Waals surface area contributed by atoms with Crippen molar-refractivity contribution in [2.75, 3.05) is 6.61 Å². The van der Waals surface area contributed by atoms with Crippen LogP contribution in [0.5, 0.6) is 0 Å². The Bertz CT molecular complexity index is 976. The Morgan fingerprint density at radius 2 is 1.68 bits per heavy atom. The Morgan fingerprint density at radius 1 is 1.03 bits per heavy atom. The predicted molar refractivity (Wildman–Crippen MR) is 137 cm³/mol. The molecule has 0 amide bonds. The third-order valence-corrected chi connectivity index (χ3v) is 12.5. The number of aliphatic hydroxyl groups excluding tert-OH is 1. The lowest BCUT2D eigenvalue weighted by atomic mass is 9.44. The van der Waals surface area contributed by atoms with Gasteiger partial charge in [0.25, 0.3) is 0 Å². The van der Waals surface area contributed by atoms with Gasteiger partial charge in [0.1, 0.15) is 0 Å². The maximum Gasteiger partial charge on any atom is 0.400 e. The van der Waals surface area contributed by atoms with Gasteiger partial charge in [0, 0.05) is 12.8 Å². The molecule has 4 fully saturated rings. The summed E-state index contributed by atoms with van der Waals surface area (Å²) in [5.41, 5.74) is 0.561. The van der Waals surface area contributed by atoms with Crippen molar-refractivity contribution in [3.63, 3.8) is 0 Å². The fourth-order valence-electron chi connectivity index (χ4n) is 9.44. The predicted octanol–water partition coefficient (Wildman–Crippen LogP) is 6.17. The summed E-state index contributed by atoms with van der Waals surface area (Å²) in [5.74, 6) is 2.91. The van der Waals surface area contributed by atoms with E-state index in [0.29, 0.717) is 29.6 Å². The van der Waals surface area contributed by atoms with Gasteiger partial charge in [-0.25, -0.2) is 4.39 Å². The van der Waals surface area contributed by atoms with Gasteiger partial charge in [-0.1, -0.05) is 20.8 Å². The van der Waals surface area contributed by atoms with E-state index in [0.717, 1.165) is 37.5 Å². The first-order valence-electron chi connectivity index (χ1n) is 14.4. The molecule has 6 nitrogen and oxygen atoms in total. The molecule has 4 aliphatic rings. The van der Waals surface area contributed by atoms with Crippen molar-refractivity contribution in [2.24, 2.45) is 46.3 Å². The number of hydrogen-bond donors (Lipinski definition) is 2. The molecule has 0 aromatic carbocycles. The molecule has 4 saturated carbocycles. The van der Waals surface area contributed by atoms with Crippen molar-refractivity contribution in [3.8, 4) is 0 Å². The van der Waals surface area contributed by atoms with Crippen LogP contribution in [0.1, 0.15) is 97.8 Å². The van der Waals surface area contributed by atoms with Crippen molar-refractivity contribution in [3.05, 3.63) is 0 Å². The first-order chi connectivity index (χ1) is 17.6. The van der Waals surface area contributed by atoms with Gasteiger partial charge in [-0.15, -0.1) is 0 Å². The molecule has 0 aliphatic heterocycles. The molecular weight excluding hydrogens is 521 g/mol. The van der Waals surface area contributed by atoms with Crippen molar-refractivity contribution in [2.45, 2.75) is 115 Å². The van der Waals surface area contributed by atoms with Crippen LogP contribution < -0.4 is 0 Å². The van der Waals surface area contributed by atoms with Gasteiger partial charge in [0.15, 0.2) is 6.17 Å². The number of aliphatic hydroxyl groups is 1. The van der Waals surface area contributed by atoms with Gasteiger partial charge in [0.05, 0.1) is 12.7 Å². The van der Waals surface area contributed by atoms with Crippen LogP contribution in [0.3, 0.4) is 0 Å². The van der Waals surface area contributed by atoms with Gasteiger partial charge < -0.3 is 9.84 Å². The standard InChI is InChI=1S/C28H45F3O6S/c1-17(4-9-25(33)37-15-12-24(29)28(30,31)38(34,35)36)21-7-8-22-20-6-5-18-16-19(32)10-13-26(18,2)23(20)11-14-27(21,22)3/h17-24,32H,4-16H2,1-3H3,(H,34,35,36)/t17-,18-,19-,20+,21-,22+,23+,24?,26+,27-/m1/s1. The molecule has 10 heteroatoms. The van der Waals surface area contributed by atoms with E-state index in [1.807, 2.05) is 0 Å². The van der Waals surface area contributed by atoms with Crippen molar-refractivity contribution >= 4 is 16.1 Å². The zero-order valence-electron chi connectivity index (χ0n) is 22.9. The monoisotopic (exact) mass is 566 g/mol. The second-order valence-corrected chi connectivity index (χ2v) is 14.8. The minimum atomic E-state index is -5.88. The Labute approximate surface area is 225 Å². The van der Waals surface area contributed by atoms with E-state index in [1.165, 1.54) is 32.1 Å². The number of alkyl halides is 3. The molecule has 38 heavy (non-hydrogen) atoms. The topological polar surface area (TPSA) is 101 Å². The molecule has 1 unspecified atom stereocenters. The van der Waals surface area contributed by atoms with E-state index < -0.39 is 40.5 Å². The van der Waals surface area contributed by atoms with Crippen LogP contribution in [0, 0.1) is 46.3 Å². The largest absolute Gasteiger partial charge is 0.466 e. The van der Waals surface area contributed by atoms with Crippen LogP contribution in [0.15, 0.2) is 0 Å². The summed E-state index contributed by atoms with van der Waals surface area (Å²) in [5, 5.41) is 5.32. The quantitative estimate of drug-likeness (QED) is 0.256. The number of carbonyl (C=O) groups excluding carboxylic acids is 1. The summed E-state index contributed by atoms with van der Waals surface area (Å²) in [7, 11) is -5.88. The Kier molecular flexibility index (Phi) is 8.59. The maximum absolute atomic E-state index is 13.6. The number of rotatable bonds is 9. The fraction of sp³-hybridized carbons (Fsp3) is 0.964. The molecule has 0 spiro atoms. The van der Waals surface area contributed by atoms with E-state index in [9.17, 15) is 31.5 Å². The highest BCUT2D eigenvalue weighted by Crippen LogP contribution is 2.68. The highest BCUT2D eigenvalue weighted by Gasteiger charge is 2.60. The van der Waals surface area contributed by atoms with Crippen molar-refractivity contribution in [1.29, 1.82) is 0 Å². The number of carbonyl (C=O) groups is 1. The smallest absolute Gasteiger partial charge is 0.400 e. The molecule has 0 aromatic rings. The van der Waals surface area contributed by atoms with Crippen molar-refractivity contribution < 1.29 is 40.8 Å². The highest BCUT2D eigenvalue weighted by atomic mass is 32.2. The Hall–Kier alpha value is -0.870. The Morgan fingerprint density at radius 3 is 2.37 bits per heavy atom. The number of halogens is 3. The van der Waals surface area contributed by atoms with Gasteiger partial charge in [-0.2, -0.15) is 17.2 Å². The fourth-order valence-corrected chi connectivity index (χ4v) is 9.88. The molecule has 4 rings (SSSR count). The second kappa shape index (κ2) is 10.8. The molecule has 2 N–H and O–H groups in total. The average molecular weight is 567 g/mol. The summed E-state index contributed by atoms with van der Waals surface area (Å²) in [6.45, 7) is 6.42. The van der Waals surface area contributed by atoms with Crippen molar-refractivity contribution in [1.82, 2.24) is 0 Å². The minimum absolute atomic E-state index is 0.0954. The molecule has 4 aliphatic carbocycles.